The monoisotopic (exact) mass is 272 g/mol. The Morgan fingerprint density at radius 3 is 2.70 bits per heavy atom. The number of rotatable bonds is 4. The Hall–Kier alpha value is -1.39. The lowest BCUT2D eigenvalue weighted by molar-refractivity contribution is 0.213. The molecule has 2 aromatic rings. The fourth-order valence-electron chi connectivity index (χ4n) is 3.34. The van der Waals surface area contributed by atoms with Crippen LogP contribution in [0.4, 0.5) is 0 Å². The van der Waals surface area contributed by atoms with Crippen molar-refractivity contribution in [3.05, 3.63) is 30.1 Å². The Kier molecular flexibility index (Phi) is 4.03. The highest BCUT2D eigenvalue weighted by atomic mass is 15.1. The normalized spacial score (nSPS) is 17.9. The summed E-state index contributed by atoms with van der Waals surface area (Å²) in [5, 5.41) is 0. The number of hydrogen-bond donors (Lipinski definition) is 1. The SMILES string of the molecule is CCn1c(C2CCN(CCN)CC2)nc2ccccc21. The smallest absolute Gasteiger partial charge is 0.113 e. The van der Waals surface area contributed by atoms with Crippen molar-refractivity contribution < 1.29 is 0 Å². The van der Waals surface area contributed by atoms with Crippen LogP contribution in [0.3, 0.4) is 0 Å². The number of para-hydroxylation sites is 2. The molecule has 4 heteroatoms. The first kappa shape index (κ1) is 13.6. The van der Waals surface area contributed by atoms with Gasteiger partial charge in [0.05, 0.1) is 11.0 Å². The van der Waals surface area contributed by atoms with Crippen molar-refractivity contribution in [3.8, 4) is 0 Å². The standard InChI is InChI=1S/C16H24N4/c1-2-20-15-6-4-3-5-14(15)18-16(20)13-7-10-19(11-8-13)12-9-17/h3-6,13H,2,7-12,17H2,1H3. The average molecular weight is 272 g/mol. The van der Waals surface area contributed by atoms with Gasteiger partial charge in [0.1, 0.15) is 5.82 Å². The lowest BCUT2D eigenvalue weighted by atomic mass is 9.96. The summed E-state index contributed by atoms with van der Waals surface area (Å²) in [6.45, 7) is 7.29. The second-order valence-electron chi connectivity index (χ2n) is 5.61. The summed E-state index contributed by atoms with van der Waals surface area (Å²) in [4.78, 5) is 7.37. The quantitative estimate of drug-likeness (QED) is 0.928. The van der Waals surface area contributed by atoms with Crippen LogP contribution >= 0.6 is 0 Å². The van der Waals surface area contributed by atoms with Gasteiger partial charge >= 0.3 is 0 Å². The van der Waals surface area contributed by atoms with Crippen LogP contribution in [0.25, 0.3) is 11.0 Å². The molecule has 2 N–H and O–H groups in total. The molecule has 20 heavy (non-hydrogen) atoms. The number of likely N-dealkylation sites (tertiary alicyclic amines) is 1. The minimum absolute atomic E-state index is 0.594. The van der Waals surface area contributed by atoms with E-state index in [4.69, 9.17) is 10.7 Å². The molecular formula is C16H24N4. The molecule has 0 spiro atoms. The zero-order valence-electron chi connectivity index (χ0n) is 12.3. The lowest BCUT2D eigenvalue weighted by Crippen LogP contribution is -2.36. The van der Waals surface area contributed by atoms with Crippen LogP contribution in [0.1, 0.15) is 31.5 Å². The molecule has 2 heterocycles. The summed E-state index contributed by atoms with van der Waals surface area (Å²) < 4.78 is 2.39. The van der Waals surface area contributed by atoms with Gasteiger partial charge in [0.2, 0.25) is 0 Å². The third-order valence-corrected chi connectivity index (χ3v) is 4.40. The highest BCUT2D eigenvalue weighted by molar-refractivity contribution is 5.76. The second kappa shape index (κ2) is 5.94. The van der Waals surface area contributed by atoms with Crippen LogP contribution in [0, 0.1) is 0 Å². The Labute approximate surface area is 120 Å². The van der Waals surface area contributed by atoms with Crippen LogP contribution in [-0.4, -0.2) is 40.6 Å². The number of nitrogens with two attached hydrogens (primary N) is 1. The molecule has 0 bridgehead atoms. The van der Waals surface area contributed by atoms with E-state index in [-0.39, 0.29) is 0 Å². The molecule has 0 saturated carbocycles. The van der Waals surface area contributed by atoms with E-state index in [0.717, 1.165) is 38.2 Å². The lowest BCUT2D eigenvalue weighted by Gasteiger charge is -2.31. The Balaban J connectivity index is 1.84. The number of aryl methyl sites for hydroxylation is 1. The Bertz CT molecular complexity index is 567. The summed E-state index contributed by atoms with van der Waals surface area (Å²) in [6.07, 6.45) is 2.40. The molecule has 1 aliphatic rings. The molecule has 0 atom stereocenters. The molecule has 4 nitrogen and oxygen atoms in total. The Morgan fingerprint density at radius 1 is 1.25 bits per heavy atom. The van der Waals surface area contributed by atoms with Gasteiger partial charge in [-0.2, -0.15) is 0 Å². The van der Waals surface area contributed by atoms with E-state index in [2.05, 4.69) is 40.7 Å². The minimum Gasteiger partial charge on any atom is -0.329 e. The first-order valence-corrected chi connectivity index (χ1v) is 7.71. The first-order chi connectivity index (χ1) is 9.83. The summed E-state index contributed by atoms with van der Waals surface area (Å²) >= 11 is 0. The van der Waals surface area contributed by atoms with Crippen molar-refractivity contribution in [2.24, 2.45) is 5.73 Å². The second-order valence-corrected chi connectivity index (χ2v) is 5.61. The van der Waals surface area contributed by atoms with Gasteiger partial charge in [-0.25, -0.2) is 4.98 Å². The van der Waals surface area contributed by atoms with Crippen LogP contribution in [-0.2, 0) is 6.54 Å². The Morgan fingerprint density at radius 2 is 2.00 bits per heavy atom. The number of hydrogen-bond acceptors (Lipinski definition) is 3. The maximum Gasteiger partial charge on any atom is 0.113 e. The first-order valence-electron chi connectivity index (χ1n) is 7.71. The van der Waals surface area contributed by atoms with Crippen LogP contribution in [0.5, 0.6) is 0 Å². The zero-order valence-corrected chi connectivity index (χ0v) is 12.3. The number of imidazole rings is 1. The largest absolute Gasteiger partial charge is 0.329 e. The molecule has 1 saturated heterocycles. The highest BCUT2D eigenvalue weighted by Crippen LogP contribution is 2.30. The number of fused-ring (bicyclic) bond motifs is 1. The third-order valence-electron chi connectivity index (χ3n) is 4.40. The van der Waals surface area contributed by atoms with Crippen LogP contribution in [0.15, 0.2) is 24.3 Å². The molecule has 1 aliphatic heterocycles. The van der Waals surface area contributed by atoms with Gasteiger partial charge < -0.3 is 15.2 Å². The van der Waals surface area contributed by atoms with Crippen molar-refractivity contribution in [2.75, 3.05) is 26.2 Å². The summed E-state index contributed by atoms with van der Waals surface area (Å²) in [6, 6.07) is 8.47. The predicted molar refractivity (Wildman–Crippen MR) is 82.9 cm³/mol. The van der Waals surface area contributed by atoms with E-state index in [0.29, 0.717) is 5.92 Å². The highest BCUT2D eigenvalue weighted by Gasteiger charge is 2.24. The summed E-state index contributed by atoms with van der Waals surface area (Å²) in [5.74, 6) is 1.87. The number of benzene rings is 1. The van der Waals surface area contributed by atoms with Gasteiger partial charge in [-0.1, -0.05) is 12.1 Å². The van der Waals surface area contributed by atoms with E-state index >= 15 is 0 Å². The van der Waals surface area contributed by atoms with E-state index < -0.39 is 0 Å². The van der Waals surface area contributed by atoms with Crippen LogP contribution < -0.4 is 5.73 Å². The topological polar surface area (TPSA) is 47.1 Å². The molecule has 0 radical (unpaired) electrons. The summed E-state index contributed by atoms with van der Waals surface area (Å²) in [5.41, 5.74) is 8.05. The van der Waals surface area contributed by atoms with Gasteiger partial charge in [-0.05, 0) is 45.0 Å². The fourth-order valence-corrected chi connectivity index (χ4v) is 3.34. The molecule has 1 aromatic heterocycles. The van der Waals surface area contributed by atoms with Crippen molar-refractivity contribution in [1.29, 1.82) is 0 Å². The predicted octanol–water partition coefficient (Wildman–Crippen LogP) is 2.19. The third kappa shape index (κ3) is 2.45. The fraction of sp³-hybridized carbons (Fsp3) is 0.562. The molecule has 108 valence electrons. The van der Waals surface area contributed by atoms with Crippen molar-refractivity contribution in [1.82, 2.24) is 14.5 Å². The van der Waals surface area contributed by atoms with Gasteiger partial charge in [0, 0.05) is 25.6 Å². The zero-order chi connectivity index (χ0) is 13.9. The molecule has 0 aliphatic carbocycles. The van der Waals surface area contributed by atoms with Gasteiger partial charge in [-0.15, -0.1) is 0 Å². The van der Waals surface area contributed by atoms with Crippen molar-refractivity contribution >= 4 is 11.0 Å². The van der Waals surface area contributed by atoms with E-state index in [1.165, 1.54) is 24.2 Å². The number of aromatic nitrogens is 2. The van der Waals surface area contributed by atoms with Crippen molar-refractivity contribution in [3.63, 3.8) is 0 Å². The van der Waals surface area contributed by atoms with Gasteiger partial charge in [0.25, 0.3) is 0 Å². The van der Waals surface area contributed by atoms with E-state index in [9.17, 15) is 0 Å². The maximum absolute atomic E-state index is 5.64. The maximum atomic E-state index is 5.64. The average Bonchev–Trinajstić information content (AvgIpc) is 2.87. The number of nitrogens with zero attached hydrogens (tertiary/aromatic N) is 3. The molecule has 1 fully saturated rings. The molecule has 3 rings (SSSR count). The van der Waals surface area contributed by atoms with E-state index in [1.54, 1.807) is 0 Å². The van der Waals surface area contributed by atoms with Crippen LogP contribution in [0.2, 0.25) is 0 Å². The molecule has 1 aromatic carbocycles. The van der Waals surface area contributed by atoms with E-state index in [1.807, 2.05) is 0 Å². The van der Waals surface area contributed by atoms with Crippen molar-refractivity contribution in [2.45, 2.75) is 32.2 Å². The molecule has 0 amide bonds. The summed E-state index contributed by atoms with van der Waals surface area (Å²) in [7, 11) is 0. The number of piperidine rings is 1. The molecular weight excluding hydrogens is 248 g/mol. The van der Waals surface area contributed by atoms with Gasteiger partial charge in [-0.3, -0.25) is 0 Å². The van der Waals surface area contributed by atoms with Gasteiger partial charge in [0.15, 0.2) is 0 Å². The minimum atomic E-state index is 0.594. The molecule has 0 unspecified atom stereocenters.